The van der Waals surface area contributed by atoms with Crippen molar-refractivity contribution in [1.29, 1.82) is 0 Å². The summed E-state index contributed by atoms with van der Waals surface area (Å²) in [4.78, 5) is 25.0. The third-order valence-corrected chi connectivity index (χ3v) is 4.97. The maximum absolute atomic E-state index is 14.7. The Morgan fingerprint density at radius 3 is 2.03 bits per heavy atom. The van der Waals surface area contributed by atoms with E-state index in [-0.39, 0.29) is 23.3 Å². The molecule has 0 bridgehead atoms. The first kappa shape index (κ1) is 25.2. The highest BCUT2D eigenvalue weighted by Crippen LogP contribution is 2.45. The number of fused-ring (bicyclic) bond motifs is 1. The van der Waals surface area contributed by atoms with Crippen LogP contribution in [0.5, 0.6) is 5.75 Å². The van der Waals surface area contributed by atoms with Gasteiger partial charge in [0.2, 0.25) is 5.82 Å². The van der Waals surface area contributed by atoms with E-state index < -0.39 is 81.5 Å². The summed E-state index contributed by atoms with van der Waals surface area (Å²) < 4.78 is 121. The molecule has 0 aliphatic carbocycles. The summed E-state index contributed by atoms with van der Waals surface area (Å²) in [5, 5.41) is 0. The van der Waals surface area contributed by atoms with Gasteiger partial charge in [-0.05, 0) is 18.4 Å². The van der Waals surface area contributed by atoms with Crippen LogP contribution in [-0.4, -0.2) is 31.1 Å². The number of carbonyl (C=O) groups excluding carboxylic acids is 2. The SMILES string of the molecule is COC(=O)[C@H](CC(C)C)N1C(=O)C(F)(F)Oc2cc(F)c(-c3c(F)c(F)c(F)c(F)c3F)cc21. The van der Waals surface area contributed by atoms with E-state index in [4.69, 9.17) is 0 Å². The topological polar surface area (TPSA) is 55.8 Å². The molecule has 5 nitrogen and oxygen atoms in total. The number of esters is 1. The van der Waals surface area contributed by atoms with Crippen LogP contribution in [0.2, 0.25) is 0 Å². The summed E-state index contributed by atoms with van der Waals surface area (Å²) in [6.45, 7) is 3.15. The fourth-order valence-electron chi connectivity index (χ4n) is 3.48. The number of hydrogen-bond donors (Lipinski definition) is 0. The van der Waals surface area contributed by atoms with Crippen molar-refractivity contribution in [3.63, 3.8) is 0 Å². The van der Waals surface area contributed by atoms with Crippen molar-refractivity contribution in [1.82, 2.24) is 0 Å². The Balaban J connectivity index is 2.34. The molecule has 0 radical (unpaired) electrons. The molecular formula is C21H15F8NO4. The Morgan fingerprint density at radius 1 is 1.00 bits per heavy atom. The van der Waals surface area contributed by atoms with Gasteiger partial charge in [-0.25, -0.2) is 31.1 Å². The van der Waals surface area contributed by atoms with Crippen LogP contribution in [0.15, 0.2) is 12.1 Å². The third-order valence-electron chi connectivity index (χ3n) is 4.97. The minimum absolute atomic E-state index is 0.180. The summed E-state index contributed by atoms with van der Waals surface area (Å²) in [7, 11) is 0.907. The van der Waals surface area contributed by atoms with E-state index in [9.17, 15) is 44.7 Å². The molecule has 184 valence electrons. The summed E-state index contributed by atoms with van der Waals surface area (Å²) in [6, 6.07) is -1.16. The molecule has 0 saturated heterocycles. The van der Waals surface area contributed by atoms with Gasteiger partial charge in [-0.15, -0.1) is 0 Å². The van der Waals surface area contributed by atoms with E-state index in [0.29, 0.717) is 6.07 Å². The predicted molar refractivity (Wildman–Crippen MR) is 99.9 cm³/mol. The first-order chi connectivity index (χ1) is 15.7. The van der Waals surface area contributed by atoms with Crippen molar-refractivity contribution in [2.45, 2.75) is 32.4 Å². The van der Waals surface area contributed by atoms with Gasteiger partial charge in [0.1, 0.15) is 11.9 Å². The van der Waals surface area contributed by atoms with Crippen LogP contribution >= 0.6 is 0 Å². The minimum Gasteiger partial charge on any atom is -0.467 e. The zero-order valence-corrected chi connectivity index (χ0v) is 17.6. The Bertz CT molecular complexity index is 1160. The van der Waals surface area contributed by atoms with Crippen LogP contribution in [0.4, 0.5) is 40.8 Å². The number of rotatable bonds is 5. The summed E-state index contributed by atoms with van der Waals surface area (Å²) in [5.74, 6) is -18.4. The molecular weight excluding hydrogens is 482 g/mol. The number of anilines is 1. The average Bonchev–Trinajstić information content (AvgIpc) is 2.76. The number of carbonyl (C=O) groups is 2. The number of amides is 1. The highest BCUT2D eigenvalue weighted by molar-refractivity contribution is 6.05. The van der Waals surface area contributed by atoms with Crippen LogP contribution in [0.25, 0.3) is 11.1 Å². The quantitative estimate of drug-likeness (QED) is 0.250. The van der Waals surface area contributed by atoms with Gasteiger partial charge in [-0.1, -0.05) is 13.8 Å². The van der Waals surface area contributed by atoms with Gasteiger partial charge < -0.3 is 9.47 Å². The Labute approximate surface area is 186 Å². The number of halogens is 8. The molecule has 0 unspecified atom stereocenters. The smallest absolute Gasteiger partial charge is 0.467 e. The molecule has 34 heavy (non-hydrogen) atoms. The molecule has 0 N–H and O–H groups in total. The first-order valence-corrected chi connectivity index (χ1v) is 9.56. The van der Waals surface area contributed by atoms with Crippen molar-refractivity contribution in [2.75, 3.05) is 12.0 Å². The predicted octanol–water partition coefficient (Wildman–Crippen LogP) is 5.09. The summed E-state index contributed by atoms with van der Waals surface area (Å²) >= 11 is 0. The van der Waals surface area contributed by atoms with E-state index >= 15 is 0 Å². The molecule has 0 spiro atoms. The number of alkyl halides is 2. The van der Waals surface area contributed by atoms with Gasteiger partial charge in [-0.2, -0.15) is 8.78 Å². The lowest BCUT2D eigenvalue weighted by Gasteiger charge is -2.38. The molecule has 0 aromatic heterocycles. The normalized spacial score (nSPS) is 15.8. The van der Waals surface area contributed by atoms with Gasteiger partial charge >= 0.3 is 18.0 Å². The van der Waals surface area contributed by atoms with Crippen LogP contribution in [0, 0.1) is 40.8 Å². The first-order valence-electron chi connectivity index (χ1n) is 9.56. The molecule has 2 aromatic rings. The number of hydrogen-bond acceptors (Lipinski definition) is 4. The van der Waals surface area contributed by atoms with Crippen LogP contribution in [0.3, 0.4) is 0 Å². The van der Waals surface area contributed by atoms with Crippen LogP contribution in [-0.2, 0) is 14.3 Å². The Hall–Kier alpha value is -3.38. The molecule has 0 saturated carbocycles. The highest BCUT2D eigenvalue weighted by Gasteiger charge is 2.54. The lowest BCUT2D eigenvalue weighted by atomic mass is 9.97. The molecule has 0 fully saturated rings. The molecule has 1 aliphatic rings. The van der Waals surface area contributed by atoms with Crippen LogP contribution < -0.4 is 9.64 Å². The second kappa shape index (κ2) is 8.76. The van der Waals surface area contributed by atoms with Gasteiger partial charge in [0, 0.05) is 11.6 Å². The minimum atomic E-state index is -4.57. The molecule has 2 aromatic carbocycles. The maximum atomic E-state index is 14.7. The molecule has 1 atom stereocenters. The van der Waals surface area contributed by atoms with Crippen molar-refractivity contribution >= 4 is 17.6 Å². The van der Waals surface area contributed by atoms with Crippen LogP contribution in [0.1, 0.15) is 20.3 Å². The van der Waals surface area contributed by atoms with Crippen molar-refractivity contribution in [3.8, 4) is 16.9 Å². The fourth-order valence-corrected chi connectivity index (χ4v) is 3.48. The second-order valence-corrected chi connectivity index (χ2v) is 7.71. The second-order valence-electron chi connectivity index (χ2n) is 7.71. The van der Waals surface area contributed by atoms with Crippen molar-refractivity contribution in [2.24, 2.45) is 5.92 Å². The number of benzene rings is 2. The van der Waals surface area contributed by atoms with Gasteiger partial charge in [0.15, 0.2) is 29.0 Å². The average molecular weight is 497 g/mol. The van der Waals surface area contributed by atoms with Crippen molar-refractivity contribution < 1.29 is 54.2 Å². The maximum Gasteiger partial charge on any atom is 0.483 e. The summed E-state index contributed by atoms with van der Waals surface area (Å²) in [6.07, 6.45) is -4.82. The molecule has 1 amide bonds. The molecule has 3 rings (SSSR count). The van der Waals surface area contributed by atoms with Crippen molar-refractivity contribution in [3.05, 3.63) is 47.0 Å². The molecule has 1 heterocycles. The lowest BCUT2D eigenvalue weighted by molar-refractivity contribution is -0.194. The summed E-state index contributed by atoms with van der Waals surface area (Å²) in [5.41, 5.74) is -3.74. The number of nitrogens with zero attached hydrogens (tertiary/aromatic N) is 1. The number of ether oxygens (including phenoxy) is 2. The lowest BCUT2D eigenvalue weighted by Crippen LogP contribution is -2.57. The number of methoxy groups -OCH3 is 1. The van der Waals surface area contributed by atoms with E-state index in [1.165, 1.54) is 0 Å². The monoisotopic (exact) mass is 497 g/mol. The van der Waals surface area contributed by atoms with E-state index in [1.807, 2.05) is 0 Å². The van der Waals surface area contributed by atoms with Gasteiger partial charge in [0.25, 0.3) is 0 Å². The molecule has 1 aliphatic heterocycles. The largest absolute Gasteiger partial charge is 0.483 e. The van der Waals surface area contributed by atoms with Gasteiger partial charge in [0.05, 0.1) is 18.4 Å². The Kier molecular flexibility index (Phi) is 6.51. The van der Waals surface area contributed by atoms with E-state index in [1.54, 1.807) is 13.8 Å². The van der Waals surface area contributed by atoms with Gasteiger partial charge in [-0.3, -0.25) is 9.69 Å². The van der Waals surface area contributed by atoms with E-state index in [2.05, 4.69) is 9.47 Å². The standard InChI is InChI=1S/C21H15F8NO4/c1-7(2)4-11(19(31)33-3)30-10-5-8(9(22)6-12(10)34-21(28,29)20(30)32)13-14(23)16(25)18(27)17(26)15(13)24/h5-7,11H,4H2,1-3H3/t11-/m0/s1. The zero-order chi connectivity index (χ0) is 25.7. The zero-order valence-electron chi connectivity index (χ0n) is 17.6. The third kappa shape index (κ3) is 4.03. The Morgan fingerprint density at radius 2 is 1.53 bits per heavy atom. The molecule has 13 heteroatoms. The fraction of sp³-hybridized carbons (Fsp3) is 0.333. The van der Waals surface area contributed by atoms with E-state index in [0.717, 1.165) is 7.11 Å². The highest BCUT2D eigenvalue weighted by atomic mass is 19.3.